The summed E-state index contributed by atoms with van der Waals surface area (Å²) >= 11 is 0. The van der Waals surface area contributed by atoms with Gasteiger partial charge in [-0.3, -0.25) is 4.79 Å². The first-order valence-electron chi connectivity index (χ1n) is 1.38. The first-order chi connectivity index (χ1) is 2.64. The number of Topliss-reactive ketones (excluding diaryl/α,β-unsaturated/α-hetero) is 1. The second kappa shape index (κ2) is 6.72. The molecule has 0 unspecified atom stereocenters. The zero-order valence-electron chi connectivity index (χ0n) is 4.47. The molecule has 0 aliphatic carbocycles. The fourth-order valence-corrected chi connectivity index (χ4v) is 0. The fourth-order valence-electron chi connectivity index (χ4n) is 0. The van der Waals surface area contributed by atoms with Crippen LogP contribution in [0, 0.1) is 0 Å². The molecule has 0 radical (unpaired) electrons. The predicted molar refractivity (Wildman–Crippen MR) is 21.9 cm³/mol. The normalized spacial score (nSPS) is 5.62. The molecule has 0 amide bonds. The number of rotatable bonds is 1. The topological polar surface area (TPSA) is 85.9 Å². The van der Waals surface area contributed by atoms with Gasteiger partial charge in [0.15, 0.2) is 0 Å². The van der Waals surface area contributed by atoms with E-state index in [1.54, 1.807) is 0 Å². The van der Waals surface area contributed by atoms with Crippen LogP contribution in [0.15, 0.2) is 0 Å². The molecule has 0 bridgehead atoms. The van der Waals surface area contributed by atoms with Crippen LogP contribution in [0.5, 0.6) is 0 Å². The van der Waals surface area contributed by atoms with E-state index < -0.39 is 11.8 Å². The van der Waals surface area contributed by atoms with E-state index in [2.05, 4.69) is 0 Å². The summed E-state index contributed by atoms with van der Waals surface area (Å²) in [7, 11) is 0. The number of carbonyl (C=O) groups excluding carboxylic acids is 1. The van der Waals surface area contributed by atoms with Gasteiger partial charge in [-0.1, -0.05) is 0 Å². The number of hydrogen-bond acceptors (Lipinski definition) is 2. The third-order valence-corrected chi connectivity index (χ3v) is 0.301. The van der Waals surface area contributed by atoms with Gasteiger partial charge in [0.2, 0.25) is 5.78 Å². The average Bonchev–Trinajstić information content (AvgIpc) is 1.36. The second-order valence-electron chi connectivity index (χ2n) is 0.861. The molecule has 0 rings (SSSR count). The Morgan fingerprint density at radius 2 is 1.50 bits per heavy atom. The van der Waals surface area contributed by atoms with E-state index in [1.807, 2.05) is 0 Å². The Bertz CT molecular complexity index is 77.3. The molecule has 3 N–H and O–H groups in total. The van der Waals surface area contributed by atoms with Crippen molar-refractivity contribution in [3.63, 3.8) is 0 Å². The standard InChI is InChI=1S/C3H4O3.H2O.Zn/c1-2(4)3(5)6;;/h1H3,(H,5,6);1H2;. The van der Waals surface area contributed by atoms with E-state index in [1.165, 1.54) is 0 Å². The number of aliphatic carboxylic acids is 1. The van der Waals surface area contributed by atoms with Crippen LogP contribution in [0.25, 0.3) is 0 Å². The van der Waals surface area contributed by atoms with Gasteiger partial charge in [-0.15, -0.1) is 0 Å². The maximum absolute atomic E-state index is 9.54. The minimum Gasteiger partial charge on any atom is -0.476 e. The summed E-state index contributed by atoms with van der Waals surface area (Å²) in [6.07, 6.45) is 0. The number of carbonyl (C=O) groups is 2. The molecule has 0 aromatic carbocycles. The molecule has 0 heterocycles. The van der Waals surface area contributed by atoms with E-state index in [0.717, 1.165) is 6.92 Å². The minimum absolute atomic E-state index is 0. The van der Waals surface area contributed by atoms with Crippen molar-refractivity contribution in [1.29, 1.82) is 0 Å². The van der Waals surface area contributed by atoms with E-state index >= 15 is 0 Å². The maximum Gasteiger partial charge on any atom is 0.371 e. The van der Waals surface area contributed by atoms with Gasteiger partial charge in [-0.05, 0) is 0 Å². The smallest absolute Gasteiger partial charge is 0.371 e. The molecule has 4 nitrogen and oxygen atoms in total. The third-order valence-electron chi connectivity index (χ3n) is 0.301. The zero-order valence-corrected chi connectivity index (χ0v) is 7.44. The molecule has 0 atom stereocenters. The molecule has 0 aliphatic rings. The van der Waals surface area contributed by atoms with Crippen LogP contribution < -0.4 is 0 Å². The first kappa shape index (κ1) is 15.6. The average molecular weight is 171 g/mol. The van der Waals surface area contributed by atoms with Crippen LogP contribution in [0.3, 0.4) is 0 Å². The molecule has 0 aliphatic heterocycles. The molecular formula is C3H6O4Zn. The van der Waals surface area contributed by atoms with Crippen molar-refractivity contribution in [2.45, 2.75) is 6.92 Å². The van der Waals surface area contributed by atoms with Gasteiger partial charge in [0, 0.05) is 26.4 Å². The van der Waals surface area contributed by atoms with Gasteiger partial charge in [0.25, 0.3) is 0 Å². The summed E-state index contributed by atoms with van der Waals surface area (Å²) in [6, 6.07) is 0. The van der Waals surface area contributed by atoms with Gasteiger partial charge >= 0.3 is 5.97 Å². The van der Waals surface area contributed by atoms with Crippen molar-refractivity contribution in [3.05, 3.63) is 0 Å². The van der Waals surface area contributed by atoms with Gasteiger partial charge < -0.3 is 10.6 Å². The Balaban J connectivity index is -0.000000125. The van der Waals surface area contributed by atoms with Crippen LogP contribution in [0.2, 0.25) is 0 Å². The van der Waals surface area contributed by atoms with E-state index in [4.69, 9.17) is 5.11 Å². The maximum atomic E-state index is 9.54. The number of hydrogen-bond donors (Lipinski definition) is 1. The van der Waals surface area contributed by atoms with Crippen LogP contribution in [-0.4, -0.2) is 22.3 Å². The summed E-state index contributed by atoms with van der Waals surface area (Å²) in [5.74, 6) is -2.20. The summed E-state index contributed by atoms with van der Waals surface area (Å²) in [6.45, 7) is 1.00. The quantitative estimate of drug-likeness (QED) is 0.399. The van der Waals surface area contributed by atoms with Crippen molar-refractivity contribution >= 4 is 11.8 Å². The Labute approximate surface area is 59.0 Å². The first-order valence-corrected chi connectivity index (χ1v) is 1.38. The van der Waals surface area contributed by atoms with Gasteiger partial charge in [0.05, 0.1) is 0 Å². The molecule has 0 saturated heterocycles. The van der Waals surface area contributed by atoms with E-state index in [9.17, 15) is 9.59 Å². The Morgan fingerprint density at radius 3 is 1.50 bits per heavy atom. The summed E-state index contributed by atoms with van der Waals surface area (Å²) < 4.78 is 0. The molecule has 0 fully saturated rings. The van der Waals surface area contributed by atoms with Gasteiger partial charge in [-0.2, -0.15) is 0 Å². The second-order valence-corrected chi connectivity index (χ2v) is 0.861. The Morgan fingerprint density at radius 1 is 1.38 bits per heavy atom. The predicted octanol–water partition coefficient (Wildman–Crippen LogP) is -1.17. The Hall–Kier alpha value is -0.277. The van der Waals surface area contributed by atoms with Crippen LogP contribution >= 0.6 is 0 Å². The molecule has 0 spiro atoms. The molecule has 0 saturated carbocycles. The van der Waals surface area contributed by atoms with Crippen LogP contribution in [-0.2, 0) is 29.1 Å². The van der Waals surface area contributed by atoms with E-state index in [0.29, 0.717) is 0 Å². The van der Waals surface area contributed by atoms with Crippen molar-refractivity contribution < 1.29 is 39.6 Å². The van der Waals surface area contributed by atoms with E-state index in [-0.39, 0.29) is 25.0 Å². The molecule has 0 aromatic heterocycles. The molecule has 0 aromatic rings. The molecule has 44 valence electrons. The summed E-state index contributed by atoms with van der Waals surface area (Å²) in [5, 5.41) is 7.64. The van der Waals surface area contributed by atoms with Gasteiger partial charge in [-0.25, -0.2) is 4.79 Å². The Kier molecular flexibility index (Phi) is 13.2. The molecular weight excluding hydrogens is 165 g/mol. The minimum atomic E-state index is -1.38. The van der Waals surface area contributed by atoms with Crippen molar-refractivity contribution in [2.24, 2.45) is 0 Å². The molecule has 5 heteroatoms. The van der Waals surface area contributed by atoms with Crippen molar-refractivity contribution in [1.82, 2.24) is 0 Å². The number of carboxylic acid groups (broad SMARTS) is 1. The third kappa shape index (κ3) is 9.21. The van der Waals surface area contributed by atoms with Crippen LogP contribution in [0.1, 0.15) is 6.92 Å². The number of ketones is 1. The van der Waals surface area contributed by atoms with Crippen molar-refractivity contribution in [3.8, 4) is 0 Å². The number of carboxylic acids is 1. The van der Waals surface area contributed by atoms with Crippen LogP contribution in [0.4, 0.5) is 0 Å². The van der Waals surface area contributed by atoms with Gasteiger partial charge in [0.1, 0.15) is 0 Å². The van der Waals surface area contributed by atoms with Crippen molar-refractivity contribution in [2.75, 3.05) is 0 Å². The summed E-state index contributed by atoms with van der Waals surface area (Å²) in [5.41, 5.74) is 0. The monoisotopic (exact) mass is 170 g/mol. The SMILES string of the molecule is CC(=O)C(=O)O.O.[Zn]. The zero-order chi connectivity index (χ0) is 5.15. The fraction of sp³-hybridized carbons (Fsp3) is 0.333. The summed E-state index contributed by atoms with van der Waals surface area (Å²) in [4.78, 5) is 18.9. The largest absolute Gasteiger partial charge is 0.476 e. The molecule has 8 heavy (non-hydrogen) atoms.